The van der Waals surface area contributed by atoms with Crippen LogP contribution >= 0.6 is 0 Å². The summed E-state index contributed by atoms with van der Waals surface area (Å²) in [6.45, 7) is 6.35. The van der Waals surface area contributed by atoms with E-state index in [9.17, 15) is 0 Å². The summed E-state index contributed by atoms with van der Waals surface area (Å²) in [5.74, 6) is 0.792. The van der Waals surface area contributed by atoms with Gasteiger partial charge in [0.1, 0.15) is 12.7 Å². The van der Waals surface area contributed by atoms with Gasteiger partial charge in [0.05, 0.1) is 0 Å². The molecule has 5 heteroatoms. The molecular weight excluding hydrogens is 262 g/mol. The van der Waals surface area contributed by atoms with E-state index >= 15 is 0 Å². The summed E-state index contributed by atoms with van der Waals surface area (Å²) >= 11 is 0. The molecule has 3 rings (SSSR count). The summed E-state index contributed by atoms with van der Waals surface area (Å²) in [5.41, 5.74) is 3.90. The second-order valence-corrected chi connectivity index (χ2v) is 5.30. The van der Waals surface area contributed by atoms with Crippen molar-refractivity contribution in [3.63, 3.8) is 0 Å². The van der Waals surface area contributed by atoms with Gasteiger partial charge < -0.3 is 5.32 Å². The Balaban J connectivity index is 2.09. The van der Waals surface area contributed by atoms with Crippen molar-refractivity contribution in [2.75, 3.05) is 5.32 Å². The third kappa shape index (κ3) is 2.59. The summed E-state index contributed by atoms with van der Waals surface area (Å²) in [4.78, 5) is 13.2. The Hall–Kier alpha value is -2.43. The van der Waals surface area contributed by atoms with Crippen LogP contribution in [0.4, 0.5) is 5.82 Å². The number of aryl methyl sites for hydroxylation is 1. The second-order valence-electron chi connectivity index (χ2n) is 5.30. The highest BCUT2D eigenvalue weighted by molar-refractivity contribution is 5.84. The maximum absolute atomic E-state index is 4.49. The largest absolute Gasteiger partial charge is 0.366 e. The summed E-state index contributed by atoms with van der Waals surface area (Å²) in [6, 6.07) is 8.64. The quantitative estimate of drug-likeness (QED) is 0.797. The third-order valence-electron chi connectivity index (χ3n) is 3.61. The first-order chi connectivity index (χ1) is 10.2. The zero-order valence-corrected chi connectivity index (χ0v) is 12.5. The van der Waals surface area contributed by atoms with Crippen LogP contribution in [-0.2, 0) is 0 Å². The molecule has 0 aliphatic carbocycles. The van der Waals surface area contributed by atoms with Gasteiger partial charge >= 0.3 is 0 Å². The molecule has 0 fully saturated rings. The van der Waals surface area contributed by atoms with Gasteiger partial charge in [0.2, 0.25) is 0 Å². The molecule has 2 heterocycles. The van der Waals surface area contributed by atoms with Crippen LogP contribution in [0.25, 0.3) is 16.9 Å². The SMILES string of the molecule is CC[C@@H](C)Nc1ncnc2c1ncn2-c1cccc(C)c1. The minimum atomic E-state index is 0.354. The zero-order valence-electron chi connectivity index (χ0n) is 12.5. The minimum absolute atomic E-state index is 0.354. The van der Waals surface area contributed by atoms with Gasteiger partial charge in [0.15, 0.2) is 17.0 Å². The molecule has 2 aromatic heterocycles. The normalized spacial score (nSPS) is 12.5. The topological polar surface area (TPSA) is 55.6 Å². The van der Waals surface area contributed by atoms with Crippen LogP contribution in [0.5, 0.6) is 0 Å². The van der Waals surface area contributed by atoms with E-state index in [1.807, 2.05) is 10.6 Å². The summed E-state index contributed by atoms with van der Waals surface area (Å²) in [7, 11) is 0. The second kappa shape index (κ2) is 5.52. The van der Waals surface area contributed by atoms with Gasteiger partial charge in [-0.3, -0.25) is 4.57 Å². The van der Waals surface area contributed by atoms with Crippen LogP contribution in [0.3, 0.4) is 0 Å². The molecule has 1 atom stereocenters. The van der Waals surface area contributed by atoms with Crippen molar-refractivity contribution in [3.05, 3.63) is 42.5 Å². The van der Waals surface area contributed by atoms with Crippen molar-refractivity contribution in [2.24, 2.45) is 0 Å². The molecule has 3 aromatic rings. The first kappa shape index (κ1) is 13.5. The van der Waals surface area contributed by atoms with Crippen LogP contribution in [0.2, 0.25) is 0 Å². The number of nitrogens with zero attached hydrogens (tertiary/aromatic N) is 4. The number of anilines is 1. The predicted molar refractivity (Wildman–Crippen MR) is 84.8 cm³/mol. The van der Waals surface area contributed by atoms with Crippen LogP contribution in [0, 0.1) is 6.92 Å². The van der Waals surface area contributed by atoms with Gasteiger partial charge in [-0.15, -0.1) is 0 Å². The molecule has 0 aliphatic rings. The number of hydrogen-bond donors (Lipinski definition) is 1. The van der Waals surface area contributed by atoms with Gasteiger partial charge in [-0.25, -0.2) is 15.0 Å². The molecule has 108 valence electrons. The smallest absolute Gasteiger partial charge is 0.170 e. The van der Waals surface area contributed by atoms with E-state index in [2.05, 4.69) is 59.2 Å². The lowest BCUT2D eigenvalue weighted by atomic mass is 10.2. The molecule has 0 bridgehead atoms. The molecule has 1 aromatic carbocycles. The fourth-order valence-corrected chi connectivity index (χ4v) is 2.24. The highest BCUT2D eigenvalue weighted by atomic mass is 15.1. The minimum Gasteiger partial charge on any atom is -0.366 e. The van der Waals surface area contributed by atoms with E-state index in [0.29, 0.717) is 6.04 Å². The molecular formula is C16H19N5. The van der Waals surface area contributed by atoms with Crippen LogP contribution in [-0.4, -0.2) is 25.6 Å². The maximum atomic E-state index is 4.49. The molecule has 1 N–H and O–H groups in total. The Labute approximate surface area is 124 Å². The molecule has 0 saturated heterocycles. The number of benzene rings is 1. The summed E-state index contributed by atoms with van der Waals surface area (Å²) in [6.07, 6.45) is 4.42. The van der Waals surface area contributed by atoms with Crippen LogP contribution in [0.15, 0.2) is 36.9 Å². The van der Waals surface area contributed by atoms with Crippen molar-refractivity contribution >= 4 is 17.0 Å². The van der Waals surface area contributed by atoms with Gasteiger partial charge in [-0.2, -0.15) is 0 Å². The van der Waals surface area contributed by atoms with Crippen molar-refractivity contribution in [2.45, 2.75) is 33.2 Å². The van der Waals surface area contributed by atoms with Crippen molar-refractivity contribution in [1.82, 2.24) is 19.5 Å². The molecule has 0 spiro atoms. The third-order valence-corrected chi connectivity index (χ3v) is 3.61. The number of rotatable bonds is 4. The standard InChI is InChI=1S/C16H19N5/c1-4-12(3)20-15-14-16(18-9-17-15)21(10-19-14)13-7-5-6-11(2)8-13/h5-10,12H,4H2,1-3H3,(H,17,18,20)/t12-/m1/s1. The first-order valence-electron chi connectivity index (χ1n) is 7.20. The van der Waals surface area contributed by atoms with Gasteiger partial charge in [0.25, 0.3) is 0 Å². The van der Waals surface area contributed by atoms with Crippen molar-refractivity contribution < 1.29 is 0 Å². The Morgan fingerprint density at radius 1 is 1.24 bits per heavy atom. The summed E-state index contributed by atoms with van der Waals surface area (Å²) < 4.78 is 1.99. The summed E-state index contributed by atoms with van der Waals surface area (Å²) in [5, 5.41) is 3.38. The molecule has 21 heavy (non-hydrogen) atoms. The Morgan fingerprint density at radius 3 is 2.86 bits per heavy atom. The van der Waals surface area contributed by atoms with E-state index in [0.717, 1.165) is 29.1 Å². The Kier molecular flexibility index (Phi) is 3.56. The molecule has 0 saturated carbocycles. The Bertz CT molecular complexity index is 762. The van der Waals surface area contributed by atoms with E-state index in [-0.39, 0.29) is 0 Å². The lowest BCUT2D eigenvalue weighted by molar-refractivity contribution is 0.760. The highest BCUT2D eigenvalue weighted by Gasteiger charge is 2.12. The van der Waals surface area contributed by atoms with Crippen LogP contribution < -0.4 is 5.32 Å². The molecule has 0 amide bonds. The van der Waals surface area contributed by atoms with E-state index in [4.69, 9.17) is 0 Å². The van der Waals surface area contributed by atoms with Gasteiger partial charge in [0, 0.05) is 11.7 Å². The molecule has 5 nitrogen and oxygen atoms in total. The lowest BCUT2D eigenvalue weighted by Crippen LogP contribution is -2.15. The fourth-order valence-electron chi connectivity index (χ4n) is 2.24. The van der Waals surface area contributed by atoms with Crippen molar-refractivity contribution in [1.29, 1.82) is 0 Å². The maximum Gasteiger partial charge on any atom is 0.170 e. The lowest BCUT2D eigenvalue weighted by Gasteiger charge is -2.12. The number of imidazole rings is 1. The average molecular weight is 281 g/mol. The monoisotopic (exact) mass is 281 g/mol. The van der Waals surface area contributed by atoms with Crippen LogP contribution in [0.1, 0.15) is 25.8 Å². The van der Waals surface area contributed by atoms with Gasteiger partial charge in [-0.1, -0.05) is 19.1 Å². The van der Waals surface area contributed by atoms with E-state index < -0.39 is 0 Å². The average Bonchev–Trinajstić information content (AvgIpc) is 2.92. The number of fused-ring (bicyclic) bond motifs is 1. The number of aromatic nitrogens is 4. The van der Waals surface area contributed by atoms with Crippen molar-refractivity contribution in [3.8, 4) is 5.69 Å². The highest BCUT2D eigenvalue weighted by Crippen LogP contribution is 2.22. The Morgan fingerprint density at radius 2 is 2.10 bits per heavy atom. The zero-order chi connectivity index (χ0) is 14.8. The molecule has 0 unspecified atom stereocenters. The number of nitrogens with one attached hydrogen (secondary N) is 1. The number of hydrogen-bond acceptors (Lipinski definition) is 4. The van der Waals surface area contributed by atoms with E-state index in [1.165, 1.54) is 5.56 Å². The predicted octanol–water partition coefficient (Wildman–Crippen LogP) is 3.33. The molecule has 0 aliphatic heterocycles. The molecule has 0 radical (unpaired) electrons. The van der Waals surface area contributed by atoms with E-state index in [1.54, 1.807) is 12.7 Å². The van der Waals surface area contributed by atoms with Gasteiger partial charge in [-0.05, 0) is 38.0 Å². The fraction of sp³-hybridized carbons (Fsp3) is 0.312. The first-order valence-corrected chi connectivity index (χ1v) is 7.20.